The molecule has 6 aromatic carbocycles. The Hall–Kier alpha value is -4.09. The minimum Gasteiger partial charge on any atom is -0.488 e. The van der Waals surface area contributed by atoms with Crippen molar-refractivity contribution >= 4 is 43.8 Å². The van der Waals surface area contributed by atoms with E-state index in [2.05, 4.69) is 29.8 Å². The Morgan fingerprint density at radius 1 is 0.720 bits per heavy atom. The summed E-state index contributed by atoms with van der Waals surface area (Å²) in [5, 5.41) is 2.24. The van der Waals surface area contributed by atoms with Crippen molar-refractivity contribution in [3.8, 4) is 11.5 Å². The van der Waals surface area contributed by atoms with Crippen LogP contribution in [0.15, 0.2) is 126 Å². The predicted molar refractivity (Wildman–Crippen MR) is 199 cm³/mol. The maximum Gasteiger partial charge on any atom is 1.00 e. The molecule has 0 N–H and O–H groups in total. The van der Waals surface area contributed by atoms with Crippen molar-refractivity contribution < 1.29 is 52.4 Å². The summed E-state index contributed by atoms with van der Waals surface area (Å²) in [5.41, 5.74) is 2.52. The van der Waals surface area contributed by atoms with Crippen molar-refractivity contribution in [1.82, 2.24) is 0 Å². The van der Waals surface area contributed by atoms with Crippen LogP contribution in [-0.4, -0.2) is 13.4 Å². The summed E-state index contributed by atoms with van der Waals surface area (Å²) < 4.78 is 55.7. The van der Waals surface area contributed by atoms with Gasteiger partial charge in [0.2, 0.25) is 0 Å². The van der Waals surface area contributed by atoms with E-state index in [1.807, 2.05) is 66.7 Å². The fourth-order valence-corrected chi connectivity index (χ4v) is 5.01. The SMILES string of the molecule is C.F.Fc1ccc(Br)c2c(OCc3ccccc3)cccc12.O=Cc1ccc(F)c2cccc(OCc3ccccc3)c12.[2H]CF.[CH2-]CCC.[Li+]. The van der Waals surface area contributed by atoms with Gasteiger partial charge in [0.15, 0.2) is 6.29 Å². The molecule has 0 amide bonds. The standard InChI is InChI=1S/C18H13FO2.C17H12BrFO.C4H9.CH3F.CH4.FH.Li/c19-16-10-9-14(11-20)18-15(16)7-4-8-17(18)21-12-13-5-2-1-3-6-13;18-14-9-10-15(19)13-7-4-8-16(17(13)14)20-11-12-5-2-1-3-6-12;1-3-4-2;1-2;;;/h1-11H,12H2;1-10H,11H2;1,3-4H2,2H3;1H3;1H4;1H;/q;;-1;;;;+1/i;;;1D;;;. The molecule has 0 heterocycles. The zero-order valence-corrected chi connectivity index (χ0v) is 29.1. The monoisotopic (exact) mass is 745 g/mol. The summed E-state index contributed by atoms with van der Waals surface area (Å²) in [7, 11) is -1.00. The van der Waals surface area contributed by atoms with Crippen LogP contribution in [0.5, 0.6) is 11.5 Å². The van der Waals surface area contributed by atoms with Crippen LogP contribution in [0, 0.1) is 18.6 Å². The van der Waals surface area contributed by atoms with Crippen LogP contribution in [0.4, 0.5) is 17.9 Å². The van der Waals surface area contributed by atoms with Crippen molar-refractivity contribution in [2.24, 2.45) is 0 Å². The predicted octanol–water partition coefficient (Wildman–Crippen LogP) is 9.69. The average molecular weight is 747 g/mol. The molecule has 6 rings (SSSR count). The van der Waals surface area contributed by atoms with Gasteiger partial charge in [0.05, 0.1) is 8.52 Å². The molecule has 0 saturated carbocycles. The maximum atomic E-state index is 13.9. The number of hydrogen-bond acceptors (Lipinski definition) is 3. The van der Waals surface area contributed by atoms with Gasteiger partial charge in [-0.2, -0.15) is 6.42 Å². The first-order valence-electron chi connectivity index (χ1n) is 15.6. The third-order valence-electron chi connectivity index (χ3n) is 6.83. The van der Waals surface area contributed by atoms with Crippen molar-refractivity contribution in [2.75, 3.05) is 7.15 Å². The molecule has 50 heavy (non-hydrogen) atoms. The zero-order valence-electron chi connectivity index (χ0n) is 28.5. The number of rotatable bonds is 8. The molecule has 9 heteroatoms. The van der Waals surface area contributed by atoms with E-state index in [1.54, 1.807) is 36.4 Å². The van der Waals surface area contributed by atoms with Crippen LogP contribution in [-0.2, 0) is 13.2 Å². The Morgan fingerprint density at radius 2 is 1.14 bits per heavy atom. The van der Waals surface area contributed by atoms with E-state index in [4.69, 9.17) is 10.8 Å². The fourth-order valence-electron chi connectivity index (χ4n) is 4.47. The van der Waals surface area contributed by atoms with Crippen LogP contribution in [0.2, 0.25) is 0 Å². The number of benzene rings is 6. The molecule has 3 nitrogen and oxygen atoms in total. The van der Waals surface area contributed by atoms with Crippen LogP contribution >= 0.6 is 15.9 Å². The fraction of sp³-hybridized carbons (Fsp3) is 0.171. The first kappa shape index (κ1) is 43.9. The topological polar surface area (TPSA) is 35.5 Å². The molecule has 0 aliphatic carbocycles. The molecule has 0 radical (unpaired) electrons. The first-order chi connectivity index (χ1) is 23.4. The maximum absolute atomic E-state index is 13.9. The molecule has 0 atom stereocenters. The smallest absolute Gasteiger partial charge is 0.488 e. The van der Waals surface area contributed by atoms with Gasteiger partial charge in [0, 0.05) is 31.6 Å². The second-order valence-electron chi connectivity index (χ2n) is 10.0. The second-order valence-corrected chi connectivity index (χ2v) is 10.9. The quantitative estimate of drug-likeness (QED) is 0.0674. The summed E-state index contributed by atoms with van der Waals surface area (Å²) in [5.74, 6) is 0.588. The van der Waals surface area contributed by atoms with E-state index >= 15 is 0 Å². The van der Waals surface area contributed by atoms with Gasteiger partial charge in [-0.1, -0.05) is 122 Å². The van der Waals surface area contributed by atoms with E-state index in [-0.39, 0.29) is 42.6 Å². The molecular formula is C41H42BrF4LiO3. The molecule has 0 bridgehead atoms. The normalized spacial score (nSPS) is 9.68. The van der Waals surface area contributed by atoms with Crippen molar-refractivity contribution in [1.29, 1.82) is 0 Å². The molecule has 6 aromatic rings. The van der Waals surface area contributed by atoms with Crippen molar-refractivity contribution in [3.05, 3.63) is 161 Å². The van der Waals surface area contributed by atoms with Crippen molar-refractivity contribution in [3.63, 3.8) is 0 Å². The molecule has 0 saturated heterocycles. The zero-order chi connectivity index (χ0) is 34.7. The summed E-state index contributed by atoms with van der Waals surface area (Å²) in [4.78, 5) is 11.2. The number of carbonyl (C=O) groups is 1. The van der Waals surface area contributed by atoms with Gasteiger partial charge in [0.1, 0.15) is 36.3 Å². The minimum absolute atomic E-state index is 0. The summed E-state index contributed by atoms with van der Waals surface area (Å²) in [6, 6.07) is 36.1. The van der Waals surface area contributed by atoms with Gasteiger partial charge in [-0.15, -0.1) is 0 Å². The second kappa shape index (κ2) is 24.9. The third kappa shape index (κ3) is 13.0. The molecule has 0 aromatic heterocycles. The Bertz CT molecular complexity index is 1860. The number of alkyl halides is 1. The molecule has 260 valence electrons. The van der Waals surface area contributed by atoms with Gasteiger partial charge >= 0.3 is 18.9 Å². The number of halogens is 5. The largest absolute Gasteiger partial charge is 1.00 e. The number of ether oxygens (including phenoxy) is 2. The Kier molecular flexibility index (Phi) is 21.9. The molecule has 0 aliphatic rings. The Morgan fingerprint density at radius 3 is 1.58 bits per heavy atom. The van der Waals surface area contributed by atoms with Crippen molar-refractivity contribution in [2.45, 2.75) is 40.4 Å². The number of carbonyl (C=O) groups excluding carboxylic acids is 1. The van der Waals surface area contributed by atoms with Crippen LogP contribution < -0.4 is 28.3 Å². The summed E-state index contributed by atoms with van der Waals surface area (Å²) >= 11 is 3.46. The first-order valence-corrected chi connectivity index (χ1v) is 15.7. The van der Waals surface area contributed by atoms with Gasteiger partial charge < -0.3 is 16.4 Å². The van der Waals surface area contributed by atoms with Gasteiger partial charge in [-0.3, -0.25) is 13.9 Å². The molecule has 0 fully saturated rings. The summed E-state index contributed by atoms with van der Waals surface area (Å²) in [6.07, 6.45) is 3.00. The van der Waals surface area contributed by atoms with Crippen LogP contribution in [0.25, 0.3) is 21.5 Å². The Labute approximate surface area is 314 Å². The van der Waals surface area contributed by atoms with Crippen LogP contribution in [0.1, 0.15) is 50.0 Å². The molecule has 0 unspecified atom stereocenters. The number of hydrogen-bond donors (Lipinski definition) is 0. The van der Waals surface area contributed by atoms with E-state index in [9.17, 15) is 18.0 Å². The van der Waals surface area contributed by atoms with Gasteiger partial charge in [-0.05, 0) is 47.5 Å². The Balaban J connectivity index is 0.000000791. The van der Waals surface area contributed by atoms with Gasteiger partial charge in [-0.25, -0.2) is 8.78 Å². The number of unbranched alkanes of at least 4 members (excludes halogenated alkanes) is 1. The van der Waals surface area contributed by atoms with E-state index in [1.165, 1.54) is 24.6 Å². The van der Waals surface area contributed by atoms with E-state index < -0.39 is 7.15 Å². The molecule has 0 aliphatic heterocycles. The molecule has 0 spiro atoms. The summed E-state index contributed by atoms with van der Waals surface area (Å²) in [6.45, 7) is 6.55. The van der Waals surface area contributed by atoms with Gasteiger partial charge in [0.25, 0.3) is 0 Å². The number of aldehydes is 1. The third-order valence-corrected chi connectivity index (χ3v) is 7.50. The minimum atomic E-state index is -1.00. The number of fused-ring (bicyclic) bond motifs is 2. The average Bonchev–Trinajstić information content (AvgIpc) is 3.13. The van der Waals surface area contributed by atoms with E-state index in [0.29, 0.717) is 46.4 Å². The van der Waals surface area contributed by atoms with E-state index in [0.717, 1.165) is 33.7 Å². The van der Waals surface area contributed by atoms with Crippen LogP contribution in [0.3, 0.4) is 0 Å². The molecular weight excluding hydrogens is 703 g/mol.